The maximum absolute atomic E-state index is 5.79. The van der Waals surface area contributed by atoms with Crippen molar-refractivity contribution >= 4 is 21.6 Å². The lowest BCUT2D eigenvalue weighted by Crippen LogP contribution is -1.96. The number of hydrogen-bond donors (Lipinski definition) is 1. The monoisotopic (exact) mass is 251 g/mol. The van der Waals surface area contributed by atoms with Crippen molar-refractivity contribution in [2.24, 2.45) is 0 Å². The van der Waals surface area contributed by atoms with Gasteiger partial charge in [-0.1, -0.05) is 0 Å². The molecule has 2 aromatic rings. The van der Waals surface area contributed by atoms with E-state index in [1.54, 1.807) is 12.5 Å². The van der Waals surface area contributed by atoms with Crippen molar-refractivity contribution in [1.82, 2.24) is 9.55 Å². The van der Waals surface area contributed by atoms with Crippen LogP contribution in [0, 0.1) is 6.92 Å². The Morgan fingerprint density at radius 2 is 2.21 bits per heavy atom. The smallest absolute Gasteiger partial charge is 0.0992 e. The topological polar surface area (TPSA) is 43.8 Å². The number of halogens is 1. The number of rotatable bonds is 1. The van der Waals surface area contributed by atoms with Crippen LogP contribution >= 0.6 is 15.9 Å². The lowest BCUT2D eigenvalue weighted by molar-refractivity contribution is 1.05. The molecular weight excluding hydrogens is 242 g/mol. The van der Waals surface area contributed by atoms with Gasteiger partial charge >= 0.3 is 0 Å². The Balaban J connectivity index is 2.60. The number of hydrogen-bond acceptors (Lipinski definition) is 2. The van der Waals surface area contributed by atoms with Crippen LogP contribution in [0.15, 0.2) is 35.3 Å². The Hall–Kier alpha value is -1.29. The van der Waals surface area contributed by atoms with Gasteiger partial charge in [-0.3, -0.25) is 0 Å². The molecular formula is C10H10BrN3. The first-order valence-electron chi connectivity index (χ1n) is 4.22. The summed E-state index contributed by atoms with van der Waals surface area (Å²) in [5.41, 5.74) is 8.70. The first kappa shape index (κ1) is 9.27. The molecule has 1 aromatic heterocycles. The Labute approximate surface area is 90.7 Å². The third-order valence-electron chi connectivity index (χ3n) is 2.12. The summed E-state index contributed by atoms with van der Waals surface area (Å²) in [5, 5.41) is 0. The van der Waals surface area contributed by atoms with Gasteiger partial charge in [-0.2, -0.15) is 0 Å². The number of aryl methyl sites for hydroxylation is 1. The SMILES string of the molecule is Cc1cc(-n2ccnc2)c(Br)cc1N. The third kappa shape index (κ3) is 1.53. The molecule has 14 heavy (non-hydrogen) atoms. The third-order valence-corrected chi connectivity index (χ3v) is 2.75. The molecule has 0 aliphatic rings. The number of nitrogen functional groups attached to an aromatic ring is 1. The molecule has 2 N–H and O–H groups in total. The first-order chi connectivity index (χ1) is 6.68. The van der Waals surface area contributed by atoms with E-state index in [1.165, 1.54) is 0 Å². The van der Waals surface area contributed by atoms with Crippen LogP contribution in [-0.4, -0.2) is 9.55 Å². The highest BCUT2D eigenvalue weighted by molar-refractivity contribution is 9.10. The zero-order valence-electron chi connectivity index (χ0n) is 7.74. The molecule has 0 aliphatic heterocycles. The lowest BCUT2D eigenvalue weighted by atomic mass is 10.2. The molecule has 0 saturated carbocycles. The van der Waals surface area contributed by atoms with E-state index in [4.69, 9.17) is 5.73 Å². The molecule has 0 bridgehead atoms. The van der Waals surface area contributed by atoms with Crippen molar-refractivity contribution in [3.05, 3.63) is 40.9 Å². The molecule has 0 spiro atoms. The normalized spacial score (nSPS) is 10.4. The van der Waals surface area contributed by atoms with Crippen molar-refractivity contribution in [3.63, 3.8) is 0 Å². The van der Waals surface area contributed by atoms with Gasteiger partial charge in [-0.15, -0.1) is 0 Å². The highest BCUT2D eigenvalue weighted by Gasteiger charge is 2.04. The van der Waals surface area contributed by atoms with Crippen LogP contribution in [0.25, 0.3) is 5.69 Å². The van der Waals surface area contributed by atoms with Crippen molar-refractivity contribution < 1.29 is 0 Å². The summed E-state index contributed by atoms with van der Waals surface area (Å²) in [6, 6.07) is 3.94. The van der Waals surface area contributed by atoms with E-state index in [0.717, 1.165) is 21.4 Å². The van der Waals surface area contributed by atoms with Gasteiger partial charge in [0.05, 0.1) is 12.0 Å². The Kier molecular flexibility index (Phi) is 2.29. The first-order valence-corrected chi connectivity index (χ1v) is 5.02. The second-order valence-corrected chi connectivity index (χ2v) is 3.98. The minimum atomic E-state index is 0.792. The molecule has 1 heterocycles. The van der Waals surface area contributed by atoms with Gasteiger partial charge in [-0.25, -0.2) is 4.98 Å². The van der Waals surface area contributed by atoms with Crippen LogP contribution in [0.3, 0.4) is 0 Å². The van der Waals surface area contributed by atoms with E-state index < -0.39 is 0 Å². The lowest BCUT2D eigenvalue weighted by Gasteiger charge is -2.08. The van der Waals surface area contributed by atoms with Crippen molar-refractivity contribution in [3.8, 4) is 5.69 Å². The Morgan fingerprint density at radius 1 is 1.43 bits per heavy atom. The quantitative estimate of drug-likeness (QED) is 0.792. The zero-order chi connectivity index (χ0) is 10.1. The van der Waals surface area contributed by atoms with Crippen LogP contribution in [0.4, 0.5) is 5.69 Å². The molecule has 2 rings (SSSR count). The van der Waals surface area contributed by atoms with Crippen LogP contribution in [0.1, 0.15) is 5.56 Å². The Morgan fingerprint density at radius 3 is 2.86 bits per heavy atom. The fourth-order valence-electron chi connectivity index (χ4n) is 1.28. The molecule has 0 aliphatic carbocycles. The second-order valence-electron chi connectivity index (χ2n) is 3.13. The highest BCUT2D eigenvalue weighted by atomic mass is 79.9. The van der Waals surface area contributed by atoms with Crippen LogP contribution in [0.2, 0.25) is 0 Å². The maximum Gasteiger partial charge on any atom is 0.0992 e. The van der Waals surface area contributed by atoms with E-state index in [2.05, 4.69) is 20.9 Å². The number of imidazole rings is 1. The molecule has 4 heteroatoms. The van der Waals surface area contributed by atoms with Gasteiger partial charge in [0.25, 0.3) is 0 Å². The van der Waals surface area contributed by atoms with Gasteiger partial charge < -0.3 is 10.3 Å². The van der Waals surface area contributed by atoms with Gasteiger partial charge in [0.15, 0.2) is 0 Å². The van der Waals surface area contributed by atoms with E-state index in [0.29, 0.717) is 0 Å². The number of benzene rings is 1. The van der Waals surface area contributed by atoms with E-state index >= 15 is 0 Å². The highest BCUT2D eigenvalue weighted by Crippen LogP contribution is 2.26. The van der Waals surface area contributed by atoms with Crippen LogP contribution < -0.4 is 5.73 Å². The van der Waals surface area contributed by atoms with E-state index in [-0.39, 0.29) is 0 Å². The van der Waals surface area contributed by atoms with E-state index in [9.17, 15) is 0 Å². The molecule has 3 nitrogen and oxygen atoms in total. The largest absolute Gasteiger partial charge is 0.398 e. The fraction of sp³-hybridized carbons (Fsp3) is 0.100. The van der Waals surface area contributed by atoms with Gasteiger partial charge in [0.1, 0.15) is 0 Å². The molecule has 0 radical (unpaired) electrons. The summed E-state index contributed by atoms with van der Waals surface area (Å²) >= 11 is 3.47. The Bertz CT molecular complexity index is 449. The summed E-state index contributed by atoms with van der Waals surface area (Å²) in [6.07, 6.45) is 5.41. The summed E-state index contributed by atoms with van der Waals surface area (Å²) in [5.74, 6) is 0. The summed E-state index contributed by atoms with van der Waals surface area (Å²) in [7, 11) is 0. The standard InChI is InChI=1S/C10H10BrN3/c1-7-4-10(8(11)5-9(7)12)14-3-2-13-6-14/h2-6H,12H2,1H3. The summed E-state index contributed by atoms with van der Waals surface area (Å²) in [4.78, 5) is 4.00. The van der Waals surface area contributed by atoms with Gasteiger partial charge in [0.2, 0.25) is 0 Å². The van der Waals surface area contributed by atoms with Crippen molar-refractivity contribution in [2.75, 3.05) is 5.73 Å². The second kappa shape index (κ2) is 3.46. The molecule has 1 aromatic carbocycles. The van der Waals surface area contributed by atoms with Crippen LogP contribution in [0.5, 0.6) is 0 Å². The fourth-order valence-corrected chi connectivity index (χ4v) is 1.85. The number of nitrogens with two attached hydrogens (primary N) is 1. The zero-order valence-corrected chi connectivity index (χ0v) is 9.32. The average Bonchev–Trinajstić information content (AvgIpc) is 2.64. The number of aromatic nitrogens is 2. The summed E-state index contributed by atoms with van der Waals surface area (Å²) < 4.78 is 2.91. The number of anilines is 1. The molecule has 72 valence electrons. The molecule has 0 fully saturated rings. The number of nitrogens with zero attached hydrogens (tertiary/aromatic N) is 2. The minimum Gasteiger partial charge on any atom is -0.398 e. The van der Waals surface area contributed by atoms with Crippen molar-refractivity contribution in [1.29, 1.82) is 0 Å². The van der Waals surface area contributed by atoms with Gasteiger partial charge in [-0.05, 0) is 40.5 Å². The van der Waals surface area contributed by atoms with Gasteiger partial charge in [0, 0.05) is 22.6 Å². The minimum absolute atomic E-state index is 0.792. The summed E-state index contributed by atoms with van der Waals surface area (Å²) in [6.45, 7) is 1.99. The molecule has 0 saturated heterocycles. The van der Waals surface area contributed by atoms with Crippen LogP contribution in [-0.2, 0) is 0 Å². The van der Waals surface area contributed by atoms with Crippen molar-refractivity contribution in [2.45, 2.75) is 6.92 Å². The predicted octanol–water partition coefficient (Wildman–Crippen LogP) is 2.53. The molecule has 0 unspecified atom stereocenters. The molecule has 0 amide bonds. The average molecular weight is 252 g/mol. The maximum atomic E-state index is 5.79. The van der Waals surface area contributed by atoms with E-state index in [1.807, 2.05) is 29.8 Å². The molecule has 0 atom stereocenters. The predicted molar refractivity (Wildman–Crippen MR) is 60.4 cm³/mol.